The highest BCUT2D eigenvalue weighted by Crippen LogP contribution is 2.41. The maximum atomic E-state index is 15.7. The van der Waals surface area contributed by atoms with Crippen LogP contribution in [0.5, 0.6) is 40.5 Å². The van der Waals surface area contributed by atoms with Gasteiger partial charge in [-0.1, -0.05) is 18.2 Å². The Morgan fingerprint density at radius 2 is 1.66 bits per heavy atom. The Morgan fingerprint density at radius 1 is 0.955 bits per heavy atom. The second-order valence-corrected chi connectivity index (χ2v) is 8.80. The number of nitrogens with two attached hydrogens (primary N) is 2. The molecule has 0 fully saturated rings. The van der Waals surface area contributed by atoms with Crippen molar-refractivity contribution in [2.45, 2.75) is 6.92 Å². The summed E-state index contributed by atoms with van der Waals surface area (Å²) in [5, 5.41) is 27.9. The molecule has 0 amide bonds. The number of nitrogens with one attached hydrogen (secondary N) is 3. The van der Waals surface area contributed by atoms with E-state index < -0.39 is 40.9 Å². The number of benzene rings is 3. The van der Waals surface area contributed by atoms with Gasteiger partial charge in [0.2, 0.25) is 17.4 Å². The van der Waals surface area contributed by atoms with Crippen molar-refractivity contribution in [3.05, 3.63) is 95.6 Å². The molecule has 0 aliphatic heterocycles. The quantitative estimate of drug-likeness (QED) is 0.0541. The third kappa shape index (κ3) is 7.76. The molecule has 44 heavy (non-hydrogen) atoms. The van der Waals surface area contributed by atoms with Gasteiger partial charge in [-0.05, 0) is 61.0 Å². The number of ether oxygens (including phenoxy) is 4. The van der Waals surface area contributed by atoms with Crippen molar-refractivity contribution < 1.29 is 37.6 Å². The highest BCUT2D eigenvalue weighted by atomic mass is 19.1. The summed E-state index contributed by atoms with van der Waals surface area (Å²) in [6.45, 7) is 1.90. The number of amidine groups is 1. The first-order chi connectivity index (χ1) is 21.0. The summed E-state index contributed by atoms with van der Waals surface area (Å²) >= 11 is 0. The molecule has 1 aromatic heterocycles. The number of guanidine groups is 1. The van der Waals surface area contributed by atoms with E-state index in [0.717, 1.165) is 0 Å². The van der Waals surface area contributed by atoms with Gasteiger partial charge in [-0.15, -0.1) is 0 Å². The Hall–Kier alpha value is -6.18. The number of carbonyl (C=O) groups excluding carboxylic acids is 1. The number of hydrogen-bond donors (Lipinski definition) is 6. The Morgan fingerprint density at radius 3 is 2.32 bits per heavy atom. The molecule has 4 aromatic rings. The molecule has 1 heterocycles. The second kappa shape index (κ2) is 13.7. The topological polar surface area (TPSA) is 199 Å². The first-order valence-electron chi connectivity index (χ1n) is 12.8. The number of carbonyl (C=O) groups is 1. The van der Waals surface area contributed by atoms with Crippen LogP contribution in [-0.2, 0) is 9.53 Å². The molecular formula is C30H26F2N6O6. The molecule has 0 aliphatic carbocycles. The van der Waals surface area contributed by atoms with Crippen LogP contribution in [0.25, 0.3) is 6.08 Å². The van der Waals surface area contributed by atoms with E-state index in [4.69, 9.17) is 41.2 Å². The summed E-state index contributed by atoms with van der Waals surface area (Å²) in [6.07, 6.45) is 2.72. The van der Waals surface area contributed by atoms with Crippen molar-refractivity contribution in [3.8, 4) is 40.5 Å². The molecule has 0 spiro atoms. The first-order valence-corrected chi connectivity index (χ1v) is 12.8. The predicted octanol–water partition coefficient (Wildman–Crippen LogP) is 5.61. The van der Waals surface area contributed by atoms with Crippen LogP contribution in [0.1, 0.15) is 18.1 Å². The van der Waals surface area contributed by atoms with Crippen LogP contribution in [0.15, 0.2) is 72.8 Å². The van der Waals surface area contributed by atoms with Gasteiger partial charge in [0.1, 0.15) is 17.3 Å². The van der Waals surface area contributed by atoms with Crippen molar-refractivity contribution in [1.29, 1.82) is 10.8 Å². The van der Waals surface area contributed by atoms with Crippen molar-refractivity contribution >= 4 is 29.5 Å². The number of nitrogens with zero attached hydrogens (tertiary/aromatic N) is 1. The summed E-state index contributed by atoms with van der Waals surface area (Å²) in [4.78, 5) is 15.4. The number of phenols is 1. The largest absolute Gasteiger partial charge is 0.504 e. The van der Waals surface area contributed by atoms with E-state index >= 15 is 8.78 Å². The van der Waals surface area contributed by atoms with Gasteiger partial charge in [-0.3, -0.25) is 10.8 Å². The second-order valence-electron chi connectivity index (χ2n) is 8.80. The number of nitrogen functional groups attached to an aromatic ring is 1. The number of aromatic nitrogens is 1. The summed E-state index contributed by atoms with van der Waals surface area (Å²) in [6, 6.07) is 15.5. The third-order valence-corrected chi connectivity index (χ3v) is 5.58. The van der Waals surface area contributed by atoms with Gasteiger partial charge in [-0.25, -0.2) is 4.79 Å². The molecule has 14 heteroatoms. The highest BCUT2D eigenvalue weighted by molar-refractivity contribution is 5.95. The van der Waals surface area contributed by atoms with E-state index in [0.29, 0.717) is 11.3 Å². The monoisotopic (exact) mass is 604 g/mol. The summed E-state index contributed by atoms with van der Waals surface area (Å²) in [5.41, 5.74) is 11.9. The van der Waals surface area contributed by atoms with Gasteiger partial charge in [0.05, 0.1) is 6.61 Å². The number of halogens is 2. The minimum Gasteiger partial charge on any atom is -0.504 e. The van der Waals surface area contributed by atoms with Crippen LogP contribution in [0.3, 0.4) is 0 Å². The van der Waals surface area contributed by atoms with Crippen LogP contribution >= 0.6 is 0 Å². The van der Waals surface area contributed by atoms with Crippen LogP contribution in [0, 0.1) is 22.5 Å². The Labute approximate surface area is 249 Å². The lowest BCUT2D eigenvalue weighted by atomic mass is 10.2. The fourth-order valence-electron chi connectivity index (χ4n) is 3.60. The van der Waals surface area contributed by atoms with Gasteiger partial charge in [0, 0.05) is 23.4 Å². The molecule has 0 radical (unpaired) electrons. The third-order valence-electron chi connectivity index (χ3n) is 5.58. The highest BCUT2D eigenvalue weighted by Gasteiger charge is 2.26. The Bertz CT molecular complexity index is 1750. The standard InChI is InChI=1S/C30H26F2N6O6/c1-2-41-23(40)13-8-16-6-10-19(11-7-16)42-26-24(31)28(43-20-5-3-4-18(15-20)37-30(35)36)38-29(25(26)32)44-22-14-17(27(33)34)9-12-21(22)39/h3-15,39H,2H2,1H3,(H3,33,34)(H4,35,36,37)/b13-8+. The van der Waals surface area contributed by atoms with E-state index in [1.54, 1.807) is 13.0 Å². The fourth-order valence-corrected chi connectivity index (χ4v) is 3.60. The zero-order valence-corrected chi connectivity index (χ0v) is 23.1. The number of phenolic OH excluding ortho intramolecular Hbond substituents is 1. The first kappa shape index (κ1) is 30.8. The van der Waals surface area contributed by atoms with Crippen LogP contribution < -0.4 is 31.0 Å². The molecule has 3 aromatic carbocycles. The SMILES string of the molecule is CCOC(=O)/C=C/c1ccc(Oc2c(F)c(Oc3cccc(NC(=N)N)c3)nc(Oc3cc(C(=N)N)ccc3O)c2F)cc1. The molecule has 0 saturated heterocycles. The van der Waals surface area contributed by atoms with Crippen molar-refractivity contribution in [3.63, 3.8) is 0 Å². The lowest BCUT2D eigenvalue weighted by Crippen LogP contribution is -2.20. The maximum Gasteiger partial charge on any atom is 0.330 e. The van der Waals surface area contributed by atoms with Crippen LogP contribution in [-0.4, -0.2) is 34.5 Å². The van der Waals surface area contributed by atoms with E-state index in [-0.39, 0.29) is 41.2 Å². The Balaban J connectivity index is 1.73. The van der Waals surface area contributed by atoms with E-state index in [9.17, 15) is 9.90 Å². The normalized spacial score (nSPS) is 10.7. The predicted molar refractivity (Wildman–Crippen MR) is 158 cm³/mol. The van der Waals surface area contributed by atoms with Gasteiger partial charge < -0.3 is 40.8 Å². The number of esters is 1. The number of rotatable bonds is 11. The maximum absolute atomic E-state index is 15.7. The molecule has 4 rings (SSSR count). The number of hydrogen-bond acceptors (Lipinski definition) is 9. The molecule has 0 unspecified atom stereocenters. The zero-order valence-electron chi connectivity index (χ0n) is 23.1. The van der Waals surface area contributed by atoms with E-state index in [1.165, 1.54) is 72.8 Å². The average Bonchev–Trinajstić information content (AvgIpc) is 2.98. The lowest BCUT2D eigenvalue weighted by molar-refractivity contribution is -0.137. The average molecular weight is 605 g/mol. The minimum absolute atomic E-state index is 0.00765. The molecular weight excluding hydrogens is 578 g/mol. The molecule has 0 bridgehead atoms. The lowest BCUT2D eigenvalue weighted by Gasteiger charge is -2.15. The molecule has 0 atom stereocenters. The minimum atomic E-state index is -1.37. The van der Waals surface area contributed by atoms with Gasteiger partial charge >= 0.3 is 5.97 Å². The van der Waals surface area contributed by atoms with E-state index in [2.05, 4.69) is 10.3 Å². The fraction of sp³-hybridized carbons (Fsp3) is 0.0667. The Kier molecular flexibility index (Phi) is 9.55. The summed E-state index contributed by atoms with van der Waals surface area (Å²) < 4.78 is 52.9. The molecule has 12 nitrogen and oxygen atoms in total. The van der Waals surface area contributed by atoms with Gasteiger partial charge in [-0.2, -0.15) is 13.8 Å². The van der Waals surface area contributed by atoms with Crippen molar-refractivity contribution in [2.24, 2.45) is 11.5 Å². The van der Waals surface area contributed by atoms with Crippen molar-refractivity contribution in [2.75, 3.05) is 11.9 Å². The molecule has 226 valence electrons. The van der Waals surface area contributed by atoms with Crippen LogP contribution in [0.2, 0.25) is 0 Å². The number of anilines is 1. The molecule has 0 saturated carbocycles. The van der Waals surface area contributed by atoms with Crippen molar-refractivity contribution in [1.82, 2.24) is 4.98 Å². The number of pyridine rings is 1. The smallest absolute Gasteiger partial charge is 0.330 e. The number of aromatic hydroxyl groups is 1. The summed E-state index contributed by atoms with van der Waals surface area (Å²) in [5.74, 6) is -7.21. The molecule has 0 aliphatic rings. The van der Waals surface area contributed by atoms with Gasteiger partial charge in [0.15, 0.2) is 17.5 Å². The van der Waals surface area contributed by atoms with Crippen LogP contribution in [0.4, 0.5) is 14.5 Å². The van der Waals surface area contributed by atoms with Gasteiger partial charge in [0.25, 0.3) is 11.8 Å². The van der Waals surface area contributed by atoms with E-state index in [1.807, 2.05) is 0 Å². The summed E-state index contributed by atoms with van der Waals surface area (Å²) in [7, 11) is 0. The zero-order chi connectivity index (χ0) is 31.8. The molecule has 8 N–H and O–H groups in total.